The van der Waals surface area contributed by atoms with Crippen molar-refractivity contribution in [1.29, 1.82) is 0 Å². The van der Waals surface area contributed by atoms with Gasteiger partial charge in [0.05, 0.1) is 6.17 Å². The van der Waals surface area contributed by atoms with Gasteiger partial charge in [-0.1, -0.05) is 37.3 Å². The van der Waals surface area contributed by atoms with Crippen LogP contribution in [-0.4, -0.2) is 19.3 Å². The van der Waals surface area contributed by atoms with Crippen LogP contribution in [0.2, 0.25) is 0 Å². The van der Waals surface area contributed by atoms with Gasteiger partial charge in [-0.05, 0) is 24.8 Å². The van der Waals surface area contributed by atoms with Gasteiger partial charge in [0.15, 0.2) is 0 Å². The van der Waals surface area contributed by atoms with Gasteiger partial charge in [-0.25, -0.2) is 0 Å². The van der Waals surface area contributed by atoms with E-state index in [0.717, 1.165) is 32.4 Å². The maximum Gasteiger partial charge on any atom is 0.0647 e. The van der Waals surface area contributed by atoms with Crippen LogP contribution in [0, 0.1) is 5.92 Å². The first-order chi connectivity index (χ1) is 7.70. The minimum atomic E-state index is 0.368. The third-order valence-electron chi connectivity index (χ3n) is 3.65. The van der Waals surface area contributed by atoms with E-state index in [2.05, 4.69) is 36.8 Å². The van der Waals surface area contributed by atoms with E-state index in [0.29, 0.717) is 12.1 Å². The van der Waals surface area contributed by atoms with Crippen molar-refractivity contribution in [3.05, 3.63) is 36.0 Å². The van der Waals surface area contributed by atoms with Gasteiger partial charge < -0.3 is 0 Å². The fourth-order valence-electron chi connectivity index (χ4n) is 2.51. The van der Waals surface area contributed by atoms with Gasteiger partial charge in [-0.2, -0.15) is 0 Å². The highest BCUT2D eigenvalue weighted by atomic mass is 15.1. The quantitative estimate of drug-likeness (QED) is 0.660. The Morgan fingerprint density at radius 3 is 2.81 bits per heavy atom. The molecule has 2 heterocycles. The van der Waals surface area contributed by atoms with E-state index >= 15 is 0 Å². The van der Waals surface area contributed by atoms with Crippen LogP contribution in [0.25, 0.3) is 0 Å². The standard InChI is InChI=1S/C14H22N2/c1-4-12-7-11(3)13-6-5-10(2)8-15-14(13)16-9-12/h7,13-16H,2-6,8-9H2,1H3. The maximum atomic E-state index is 4.24. The van der Waals surface area contributed by atoms with Crippen LogP contribution in [0.1, 0.15) is 26.2 Å². The van der Waals surface area contributed by atoms with Crippen molar-refractivity contribution in [3.63, 3.8) is 0 Å². The molecular weight excluding hydrogens is 196 g/mol. The van der Waals surface area contributed by atoms with Crippen molar-refractivity contribution in [2.24, 2.45) is 5.92 Å². The summed E-state index contributed by atoms with van der Waals surface area (Å²) in [6.07, 6.45) is 6.04. The van der Waals surface area contributed by atoms with E-state index in [1.807, 2.05) is 0 Å². The van der Waals surface area contributed by atoms with Crippen molar-refractivity contribution >= 4 is 0 Å². The molecule has 2 heteroatoms. The highest BCUT2D eigenvalue weighted by Gasteiger charge is 2.27. The number of hydrogen-bond acceptors (Lipinski definition) is 2. The lowest BCUT2D eigenvalue weighted by Crippen LogP contribution is -2.46. The Morgan fingerprint density at radius 1 is 1.31 bits per heavy atom. The first-order valence-electron chi connectivity index (χ1n) is 6.22. The van der Waals surface area contributed by atoms with Gasteiger partial charge in [-0.3, -0.25) is 10.6 Å². The molecule has 0 bridgehead atoms. The maximum absolute atomic E-state index is 4.24. The smallest absolute Gasteiger partial charge is 0.0647 e. The number of hydrogen-bond donors (Lipinski definition) is 2. The van der Waals surface area contributed by atoms with Crippen LogP contribution < -0.4 is 10.6 Å². The fourth-order valence-corrected chi connectivity index (χ4v) is 2.51. The molecule has 2 atom stereocenters. The molecule has 2 N–H and O–H groups in total. The normalized spacial score (nSPS) is 31.4. The van der Waals surface area contributed by atoms with Crippen LogP contribution in [0.5, 0.6) is 0 Å². The molecule has 1 saturated heterocycles. The van der Waals surface area contributed by atoms with Crippen LogP contribution in [-0.2, 0) is 0 Å². The molecule has 88 valence electrons. The molecule has 1 fully saturated rings. The second-order valence-corrected chi connectivity index (χ2v) is 4.87. The molecule has 2 rings (SSSR count). The van der Waals surface area contributed by atoms with Gasteiger partial charge in [0.1, 0.15) is 0 Å². The molecule has 0 radical (unpaired) electrons. The Morgan fingerprint density at radius 2 is 2.06 bits per heavy atom. The molecule has 0 amide bonds. The Balaban J connectivity index is 2.16. The topological polar surface area (TPSA) is 24.1 Å². The first kappa shape index (κ1) is 11.6. The number of allylic oxidation sites excluding steroid dienone is 1. The largest absolute Gasteiger partial charge is 0.298 e. The molecule has 0 spiro atoms. The average molecular weight is 218 g/mol. The van der Waals surface area contributed by atoms with E-state index < -0.39 is 0 Å². The number of fused-ring (bicyclic) bond motifs is 1. The molecule has 2 aliphatic heterocycles. The molecule has 2 unspecified atom stereocenters. The number of rotatable bonds is 1. The summed E-state index contributed by atoms with van der Waals surface area (Å²) in [4.78, 5) is 0. The third-order valence-corrected chi connectivity index (χ3v) is 3.65. The SMILES string of the molecule is C=C1CCC2C(=C)C=C(CC)CNC2NC1. The Kier molecular flexibility index (Phi) is 3.62. The van der Waals surface area contributed by atoms with Crippen molar-refractivity contribution in [2.75, 3.05) is 13.1 Å². The molecular formula is C14H22N2. The summed E-state index contributed by atoms with van der Waals surface area (Å²) >= 11 is 0. The summed E-state index contributed by atoms with van der Waals surface area (Å²) < 4.78 is 0. The van der Waals surface area contributed by atoms with Gasteiger partial charge in [0.2, 0.25) is 0 Å². The Labute approximate surface area is 98.5 Å². The second-order valence-electron chi connectivity index (χ2n) is 4.87. The average Bonchev–Trinajstić information content (AvgIpc) is 2.54. The van der Waals surface area contributed by atoms with Gasteiger partial charge >= 0.3 is 0 Å². The first-order valence-corrected chi connectivity index (χ1v) is 6.22. The zero-order valence-electron chi connectivity index (χ0n) is 10.2. The highest BCUT2D eigenvalue weighted by molar-refractivity contribution is 5.28. The van der Waals surface area contributed by atoms with Crippen molar-refractivity contribution in [3.8, 4) is 0 Å². The summed E-state index contributed by atoms with van der Waals surface area (Å²) in [6, 6.07) is 0. The molecule has 2 nitrogen and oxygen atoms in total. The summed E-state index contributed by atoms with van der Waals surface area (Å²) in [6.45, 7) is 12.4. The van der Waals surface area contributed by atoms with Crippen LogP contribution in [0.3, 0.4) is 0 Å². The van der Waals surface area contributed by atoms with Crippen molar-refractivity contribution < 1.29 is 0 Å². The van der Waals surface area contributed by atoms with E-state index in [1.165, 1.54) is 16.7 Å². The molecule has 0 aromatic rings. The molecule has 0 saturated carbocycles. The van der Waals surface area contributed by atoms with Gasteiger partial charge in [-0.15, -0.1) is 0 Å². The van der Waals surface area contributed by atoms with E-state index in [1.54, 1.807) is 0 Å². The molecule has 16 heavy (non-hydrogen) atoms. The molecule has 0 aromatic heterocycles. The third kappa shape index (κ3) is 2.45. The number of nitrogens with one attached hydrogen (secondary N) is 2. The minimum Gasteiger partial charge on any atom is -0.298 e. The summed E-state index contributed by atoms with van der Waals surface area (Å²) in [5, 5.41) is 7.14. The summed E-state index contributed by atoms with van der Waals surface area (Å²) in [5.41, 5.74) is 4.04. The van der Waals surface area contributed by atoms with E-state index in [4.69, 9.17) is 0 Å². The van der Waals surface area contributed by atoms with Gasteiger partial charge in [0.25, 0.3) is 0 Å². The highest BCUT2D eigenvalue weighted by Crippen LogP contribution is 2.27. The van der Waals surface area contributed by atoms with Crippen LogP contribution >= 0.6 is 0 Å². The van der Waals surface area contributed by atoms with E-state index in [-0.39, 0.29) is 0 Å². The minimum absolute atomic E-state index is 0.368. The Bertz CT molecular complexity index is 328. The zero-order valence-corrected chi connectivity index (χ0v) is 10.2. The predicted octanol–water partition coefficient (Wildman–Crippen LogP) is 2.36. The zero-order chi connectivity index (χ0) is 11.5. The lowest BCUT2D eigenvalue weighted by atomic mass is 9.92. The van der Waals surface area contributed by atoms with Crippen molar-refractivity contribution in [1.82, 2.24) is 10.6 Å². The summed E-state index contributed by atoms with van der Waals surface area (Å²) in [7, 11) is 0. The lowest BCUT2D eigenvalue weighted by Gasteiger charge is -2.25. The monoisotopic (exact) mass is 218 g/mol. The Hall–Kier alpha value is -0.860. The molecule has 0 aliphatic carbocycles. The molecule has 0 aromatic carbocycles. The fraction of sp³-hybridized carbons (Fsp3) is 0.571. The van der Waals surface area contributed by atoms with Crippen LogP contribution in [0.4, 0.5) is 0 Å². The van der Waals surface area contributed by atoms with Gasteiger partial charge in [0, 0.05) is 19.0 Å². The van der Waals surface area contributed by atoms with E-state index in [9.17, 15) is 0 Å². The van der Waals surface area contributed by atoms with Crippen molar-refractivity contribution in [2.45, 2.75) is 32.4 Å². The second kappa shape index (κ2) is 4.98. The summed E-state index contributed by atoms with van der Waals surface area (Å²) in [5.74, 6) is 0.517. The van der Waals surface area contributed by atoms with Crippen LogP contribution in [0.15, 0.2) is 36.0 Å². The lowest BCUT2D eigenvalue weighted by molar-refractivity contribution is 0.362. The predicted molar refractivity (Wildman–Crippen MR) is 69.2 cm³/mol. The molecule has 2 aliphatic rings.